The Morgan fingerprint density at radius 3 is 2.76 bits per heavy atom. The molecule has 1 aromatic heterocycles. The second-order valence-electron chi connectivity index (χ2n) is 3.71. The number of hydrogen-bond donors (Lipinski definition) is 1. The Labute approximate surface area is 104 Å². The van der Waals surface area contributed by atoms with Gasteiger partial charge in [0.15, 0.2) is 0 Å². The van der Waals surface area contributed by atoms with E-state index < -0.39 is 0 Å². The molecule has 0 fully saturated rings. The molecule has 0 saturated carbocycles. The van der Waals surface area contributed by atoms with Gasteiger partial charge >= 0.3 is 0 Å². The SMILES string of the molecule is Fc1cncc(CNCc2ccccc2Cl)c1. The predicted octanol–water partition coefficient (Wildman–Crippen LogP) is 3.16. The molecule has 1 heterocycles. The predicted molar refractivity (Wildman–Crippen MR) is 66.2 cm³/mol. The van der Waals surface area contributed by atoms with E-state index in [1.807, 2.05) is 24.3 Å². The minimum Gasteiger partial charge on any atom is -0.309 e. The molecule has 1 aromatic carbocycles. The molecule has 0 aliphatic carbocycles. The molecule has 0 unspecified atom stereocenters. The van der Waals surface area contributed by atoms with Crippen molar-refractivity contribution in [1.82, 2.24) is 10.3 Å². The summed E-state index contributed by atoms with van der Waals surface area (Å²) < 4.78 is 12.9. The zero-order chi connectivity index (χ0) is 12.1. The second-order valence-corrected chi connectivity index (χ2v) is 4.11. The summed E-state index contributed by atoms with van der Waals surface area (Å²) >= 11 is 6.02. The first-order chi connectivity index (χ1) is 8.25. The highest BCUT2D eigenvalue weighted by Gasteiger charge is 1.99. The molecule has 2 nitrogen and oxygen atoms in total. The van der Waals surface area contributed by atoms with Crippen LogP contribution in [-0.4, -0.2) is 4.98 Å². The highest BCUT2D eigenvalue weighted by atomic mass is 35.5. The molecule has 0 radical (unpaired) electrons. The summed E-state index contributed by atoms with van der Waals surface area (Å²) in [5.74, 6) is -0.318. The zero-order valence-electron chi connectivity index (χ0n) is 9.16. The molecule has 88 valence electrons. The van der Waals surface area contributed by atoms with Gasteiger partial charge in [-0.15, -0.1) is 0 Å². The first kappa shape index (κ1) is 12.0. The van der Waals surface area contributed by atoms with Crippen molar-refractivity contribution in [1.29, 1.82) is 0 Å². The number of rotatable bonds is 4. The summed E-state index contributed by atoms with van der Waals surface area (Å²) in [6.07, 6.45) is 2.83. The van der Waals surface area contributed by atoms with E-state index in [0.717, 1.165) is 16.1 Å². The van der Waals surface area contributed by atoms with Gasteiger partial charge in [0, 0.05) is 24.3 Å². The van der Waals surface area contributed by atoms with E-state index in [4.69, 9.17) is 11.6 Å². The summed E-state index contributed by atoms with van der Waals surface area (Å²) in [7, 11) is 0. The average Bonchev–Trinajstić information content (AvgIpc) is 2.32. The Balaban J connectivity index is 1.90. The quantitative estimate of drug-likeness (QED) is 0.902. The van der Waals surface area contributed by atoms with Gasteiger partial charge in [-0.05, 0) is 23.3 Å². The van der Waals surface area contributed by atoms with Crippen molar-refractivity contribution < 1.29 is 4.39 Å². The number of pyridine rings is 1. The third kappa shape index (κ3) is 3.51. The van der Waals surface area contributed by atoms with E-state index in [1.54, 1.807) is 6.20 Å². The lowest BCUT2D eigenvalue weighted by molar-refractivity contribution is 0.612. The molecule has 0 saturated heterocycles. The lowest BCUT2D eigenvalue weighted by Gasteiger charge is -2.06. The van der Waals surface area contributed by atoms with Gasteiger partial charge in [0.05, 0.1) is 6.20 Å². The smallest absolute Gasteiger partial charge is 0.141 e. The van der Waals surface area contributed by atoms with Crippen LogP contribution in [0.1, 0.15) is 11.1 Å². The monoisotopic (exact) mass is 250 g/mol. The van der Waals surface area contributed by atoms with Crippen LogP contribution in [0.5, 0.6) is 0 Å². The molecule has 1 N–H and O–H groups in total. The molecular weight excluding hydrogens is 239 g/mol. The van der Waals surface area contributed by atoms with Gasteiger partial charge in [0.2, 0.25) is 0 Å². The average molecular weight is 251 g/mol. The second kappa shape index (κ2) is 5.75. The standard InChI is InChI=1S/C13H12ClFN2/c14-13-4-2-1-3-11(13)8-16-6-10-5-12(15)9-17-7-10/h1-5,7,9,16H,6,8H2. The van der Waals surface area contributed by atoms with Crippen molar-refractivity contribution in [2.24, 2.45) is 0 Å². The van der Waals surface area contributed by atoms with Crippen LogP contribution in [0.25, 0.3) is 0 Å². The number of nitrogens with one attached hydrogen (secondary N) is 1. The zero-order valence-corrected chi connectivity index (χ0v) is 9.91. The number of benzene rings is 1. The van der Waals surface area contributed by atoms with Crippen molar-refractivity contribution >= 4 is 11.6 Å². The molecule has 4 heteroatoms. The van der Waals surface area contributed by atoms with Crippen LogP contribution in [0.3, 0.4) is 0 Å². The van der Waals surface area contributed by atoms with Crippen molar-refractivity contribution in [3.8, 4) is 0 Å². The Morgan fingerprint density at radius 1 is 1.18 bits per heavy atom. The van der Waals surface area contributed by atoms with E-state index in [0.29, 0.717) is 13.1 Å². The highest BCUT2D eigenvalue weighted by Crippen LogP contribution is 2.14. The van der Waals surface area contributed by atoms with Gasteiger partial charge in [-0.3, -0.25) is 4.98 Å². The lowest BCUT2D eigenvalue weighted by Crippen LogP contribution is -2.13. The van der Waals surface area contributed by atoms with Crippen LogP contribution in [0.15, 0.2) is 42.7 Å². The molecule has 0 atom stereocenters. The van der Waals surface area contributed by atoms with Gasteiger partial charge in [-0.25, -0.2) is 4.39 Å². The number of hydrogen-bond acceptors (Lipinski definition) is 2. The maximum absolute atomic E-state index is 12.9. The Bertz CT molecular complexity index is 502. The fourth-order valence-corrected chi connectivity index (χ4v) is 1.74. The Morgan fingerprint density at radius 2 is 2.00 bits per heavy atom. The summed E-state index contributed by atoms with van der Waals surface area (Å²) in [5.41, 5.74) is 1.84. The van der Waals surface area contributed by atoms with E-state index >= 15 is 0 Å². The van der Waals surface area contributed by atoms with Gasteiger partial charge in [-0.2, -0.15) is 0 Å². The third-order valence-electron chi connectivity index (χ3n) is 2.36. The summed E-state index contributed by atoms with van der Waals surface area (Å²) in [4.78, 5) is 3.79. The van der Waals surface area contributed by atoms with Gasteiger partial charge in [0.25, 0.3) is 0 Å². The van der Waals surface area contributed by atoms with Crippen molar-refractivity contribution in [3.63, 3.8) is 0 Å². The summed E-state index contributed by atoms with van der Waals surface area (Å²) in [6.45, 7) is 1.21. The van der Waals surface area contributed by atoms with Gasteiger partial charge in [-0.1, -0.05) is 29.8 Å². The highest BCUT2D eigenvalue weighted by molar-refractivity contribution is 6.31. The minimum absolute atomic E-state index is 0.318. The number of halogens is 2. The normalized spacial score (nSPS) is 10.5. The van der Waals surface area contributed by atoms with Crippen molar-refractivity contribution in [2.75, 3.05) is 0 Å². The fourth-order valence-electron chi connectivity index (χ4n) is 1.54. The third-order valence-corrected chi connectivity index (χ3v) is 2.73. The number of aromatic nitrogens is 1. The molecule has 0 spiro atoms. The van der Waals surface area contributed by atoms with Crippen LogP contribution in [0.2, 0.25) is 5.02 Å². The molecule has 0 amide bonds. The number of nitrogens with zero attached hydrogens (tertiary/aromatic N) is 1. The fraction of sp³-hybridized carbons (Fsp3) is 0.154. The Kier molecular flexibility index (Phi) is 4.07. The molecule has 2 rings (SSSR count). The summed E-state index contributed by atoms with van der Waals surface area (Å²) in [6, 6.07) is 9.10. The van der Waals surface area contributed by atoms with Gasteiger partial charge in [0.1, 0.15) is 5.82 Å². The largest absolute Gasteiger partial charge is 0.309 e. The van der Waals surface area contributed by atoms with E-state index in [-0.39, 0.29) is 5.82 Å². The van der Waals surface area contributed by atoms with Gasteiger partial charge < -0.3 is 5.32 Å². The van der Waals surface area contributed by atoms with Crippen LogP contribution in [0.4, 0.5) is 4.39 Å². The molecule has 0 bridgehead atoms. The van der Waals surface area contributed by atoms with E-state index in [1.165, 1.54) is 12.3 Å². The molecule has 0 aliphatic rings. The van der Waals surface area contributed by atoms with E-state index in [9.17, 15) is 4.39 Å². The summed E-state index contributed by atoms with van der Waals surface area (Å²) in [5, 5.41) is 3.93. The maximum atomic E-state index is 12.9. The van der Waals surface area contributed by atoms with E-state index in [2.05, 4.69) is 10.3 Å². The van der Waals surface area contributed by atoms with Crippen LogP contribution in [-0.2, 0) is 13.1 Å². The molecule has 0 aliphatic heterocycles. The molecule has 17 heavy (non-hydrogen) atoms. The Hall–Kier alpha value is -1.45. The van der Waals surface area contributed by atoms with Crippen LogP contribution >= 0.6 is 11.6 Å². The molecular formula is C13H12ClFN2. The first-order valence-electron chi connectivity index (χ1n) is 5.29. The van der Waals surface area contributed by atoms with Crippen LogP contribution in [0, 0.1) is 5.82 Å². The van der Waals surface area contributed by atoms with Crippen molar-refractivity contribution in [3.05, 3.63) is 64.7 Å². The molecule has 2 aromatic rings. The first-order valence-corrected chi connectivity index (χ1v) is 5.67. The minimum atomic E-state index is -0.318. The lowest BCUT2D eigenvalue weighted by atomic mass is 10.2. The maximum Gasteiger partial charge on any atom is 0.141 e. The van der Waals surface area contributed by atoms with Crippen LogP contribution < -0.4 is 5.32 Å². The topological polar surface area (TPSA) is 24.9 Å². The van der Waals surface area contributed by atoms with Crippen molar-refractivity contribution in [2.45, 2.75) is 13.1 Å².